The van der Waals surface area contributed by atoms with Crippen LogP contribution in [0.1, 0.15) is 50.8 Å². The summed E-state index contributed by atoms with van der Waals surface area (Å²) in [7, 11) is 0. The molecule has 0 bridgehead atoms. The zero-order valence-electron chi connectivity index (χ0n) is 12.4. The van der Waals surface area contributed by atoms with Crippen LogP contribution in [0, 0.1) is 5.92 Å². The summed E-state index contributed by atoms with van der Waals surface area (Å²) in [6, 6.07) is 4.32. The zero-order valence-corrected chi connectivity index (χ0v) is 12.4. The van der Waals surface area contributed by atoms with Gasteiger partial charge in [0.2, 0.25) is 0 Å². The van der Waals surface area contributed by atoms with E-state index in [0.29, 0.717) is 6.54 Å². The van der Waals surface area contributed by atoms with Gasteiger partial charge < -0.3 is 10.6 Å². The first-order valence-corrected chi connectivity index (χ1v) is 7.71. The number of rotatable bonds is 7. The van der Waals surface area contributed by atoms with Gasteiger partial charge in [-0.1, -0.05) is 19.8 Å². The lowest BCUT2D eigenvalue weighted by atomic mass is 9.85. The minimum atomic E-state index is 0.604. The predicted octanol–water partition coefficient (Wildman–Crippen LogP) is 3.12. The first-order valence-electron chi connectivity index (χ1n) is 7.71. The van der Waals surface area contributed by atoms with Crippen molar-refractivity contribution in [3.05, 3.63) is 23.4 Å². The molecule has 2 rings (SSSR count). The van der Waals surface area contributed by atoms with Gasteiger partial charge in [0.15, 0.2) is 0 Å². The maximum atomic E-state index is 5.82. The molecular formula is C16H27N3. The number of hydrogen-bond donors (Lipinski definition) is 1. The highest BCUT2D eigenvalue weighted by Gasteiger charge is 2.21. The summed E-state index contributed by atoms with van der Waals surface area (Å²) in [4.78, 5) is 7.24. The summed E-state index contributed by atoms with van der Waals surface area (Å²) in [5, 5.41) is 0. The Morgan fingerprint density at radius 2 is 2.11 bits per heavy atom. The molecule has 0 radical (unpaired) electrons. The average molecular weight is 261 g/mol. The lowest BCUT2D eigenvalue weighted by Crippen LogP contribution is -2.33. The van der Waals surface area contributed by atoms with Crippen molar-refractivity contribution in [3.63, 3.8) is 0 Å². The van der Waals surface area contributed by atoms with Crippen LogP contribution < -0.4 is 10.6 Å². The second-order valence-corrected chi connectivity index (χ2v) is 5.61. The van der Waals surface area contributed by atoms with E-state index in [1.54, 1.807) is 0 Å². The summed E-state index contributed by atoms with van der Waals surface area (Å²) < 4.78 is 0. The molecule has 0 aliphatic heterocycles. The second kappa shape index (κ2) is 6.90. The molecule has 1 aromatic heterocycles. The third-order valence-corrected chi connectivity index (χ3v) is 4.08. The van der Waals surface area contributed by atoms with Crippen molar-refractivity contribution < 1.29 is 0 Å². The standard InChI is InChI=1S/C16H27N3/c1-3-6-15-9-14(11-17)10-16(18-15)19(4-2)12-13-7-5-8-13/h9-10,13H,3-8,11-12,17H2,1-2H3. The minimum Gasteiger partial charge on any atom is -0.357 e. The van der Waals surface area contributed by atoms with Crippen LogP contribution in [-0.2, 0) is 13.0 Å². The number of nitrogens with two attached hydrogens (primary N) is 1. The monoisotopic (exact) mass is 261 g/mol. The van der Waals surface area contributed by atoms with Crippen LogP contribution in [0.25, 0.3) is 0 Å². The van der Waals surface area contributed by atoms with Crippen molar-refractivity contribution in [2.75, 3.05) is 18.0 Å². The molecule has 1 aromatic rings. The Balaban J connectivity index is 2.16. The molecule has 1 fully saturated rings. The maximum absolute atomic E-state index is 5.82. The number of anilines is 1. The van der Waals surface area contributed by atoms with Crippen molar-refractivity contribution in [3.8, 4) is 0 Å². The number of aryl methyl sites for hydroxylation is 1. The van der Waals surface area contributed by atoms with Gasteiger partial charge in [0.1, 0.15) is 5.82 Å². The highest BCUT2D eigenvalue weighted by Crippen LogP contribution is 2.28. The molecule has 0 aromatic carbocycles. The van der Waals surface area contributed by atoms with E-state index < -0.39 is 0 Å². The fourth-order valence-corrected chi connectivity index (χ4v) is 2.67. The van der Waals surface area contributed by atoms with E-state index in [1.807, 2.05) is 0 Å². The Kier molecular flexibility index (Phi) is 5.20. The average Bonchev–Trinajstić information content (AvgIpc) is 2.37. The van der Waals surface area contributed by atoms with Crippen LogP contribution in [-0.4, -0.2) is 18.1 Å². The number of hydrogen-bond acceptors (Lipinski definition) is 3. The Hall–Kier alpha value is -1.09. The van der Waals surface area contributed by atoms with E-state index in [1.165, 1.54) is 30.5 Å². The minimum absolute atomic E-state index is 0.604. The summed E-state index contributed by atoms with van der Waals surface area (Å²) in [5.74, 6) is 2.00. The first-order chi connectivity index (χ1) is 9.26. The van der Waals surface area contributed by atoms with Crippen LogP contribution in [0.5, 0.6) is 0 Å². The Morgan fingerprint density at radius 3 is 2.63 bits per heavy atom. The fraction of sp³-hybridized carbons (Fsp3) is 0.688. The number of pyridine rings is 1. The molecule has 0 spiro atoms. The molecule has 0 saturated heterocycles. The number of aromatic nitrogens is 1. The van der Waals surface area contributed by atoms with Gasteiger partial charge in [-0.15, -0.1) is 0 Å². The van der Waals surface area contributed by atoms with Gasteiger partial charge in [-0.2, -0.15) is 0 Å². The molecular weight excluding hydrogens is 234 g/mol. The van der Waals surface area contributed by atoms with Crippen LogP contribution >= 0.6 is 0 Å². The van der Waals surface area contributed by atoms with Gasteiger partial charge in [0, 0.05) is 25.3 Å². The summed E-state index contributed by atoms with van der Waals surface area (Å²) in [6.07, 6.45) is 6.35. The van der Waals surface area contributed by atoms with Gasteiger partial charge in [-0.25, -0.2) is 4.98 Å². The Labute approximate surface area is 117 Å². The van der Waals surface area contributed by atoms with Gasteiger partial charge in [-0.05, 0) is 49.8 Å². The molecule has 1 heterocycles. The summed E-state index contributed by atoms with van der Waals surface area (Å²) in [6.45, 7) is 7.21. The van der Waals surface area contributed by atoms with Crippen molar-refractivity contribution in [1.82, 2.24) is 4.98 Å². The third-order valence-electron chi connectivity index (χ3n) is 4.08. The van der Waals surface area contributed by atoms with Gasteiger partial charge in [0.25, 0.3) is 0 Å². The van der Waals surface area contributed by atoms with Gasteiger partial charge in [0.05, 0.1) is 0 Å². The summed E-state index contributed by atoms with van der Waals surface area (Å²) in [5.41, 5.74) is 8.21. The molecule has 3 nitrogen and oxygen atoms in total. The van der Waals surface area contributed by atoms with Crippen molar-refractivity contribution >= 4 is 5.82 Å². The molecule has 1 saturated carbocycles. The molecule has 1 aliphatic carbocycles. The van der Waals surface area contributed by atoms with Crippen LogP contribution in [0.15, 0.2) is 12.1 Å². The van der Waals surface area contributed by atoms with E-state index in [9.17, 15) is 0 Å². The lowest BCUT2D eigenvalue weighted by molar-refractivity contribution is 0.318. The van der Waals surface area contributed by atoms with Crippen LogP contribution in [0.4, 0.5) is 5.82 Å². The van der Waals surface area contributed by atoms with Crippen molar-refractivity contribution in [2.45, 2.75) is 52.5 Å². The lowest BCUT2D eigenvalue weighted by Gasteiger charge is -2.32. The van der Waals surface area contributed by atoms with E-state index in [2.05, 4.69) is 30.9 Å². The molecule has 106 valence electrons. The fourth-order valence-electron chi connectivity index (χ4n) is 2.67. The SMILES string of the molecule is CCCc1cc(CN)cc(N(CC)CC2CCC2)n1. The third kappa shape index (κ3) is 3.69. The molecule has 0 unspecified atom stereocenters. The van der Waals surface area contributed by atoms with Crippen LogP contribution in [0.2, 0.25) is 0 Å². The van der Waals surface area contributed by atoms with Gasteiger partial charge in [-0.3, -0.25) is 0 Å². The molecule has 3 heteroatoms. The largest absolute Gasteiger partial charge is 0.357 e. The van der Waals surface area contributed by atoms with Gasteiger partial charge >= 0.3 is 0 Å². The molecule has 0 atom stereocenters. The summed E-state index contributed by atoms with van der Waals surface area (Å²) >= 11 is 0. The quantitative estimate of drug-likeness (QED) is 0.820. The highest BCUT2D eigenvalue weighted by atomic mass is 15.2. The molecule has 19 heavy (non-hydrogen) atoms. The van der Waals surface area contributed by atoms with Crippen molar-refractivity contribution in [1.29, 1.82) is 0 Å². The Bertz CT molecular complexity index is 399. The maximum Gasteiger partial charge on any atom is 0.129 e. The molecule has 2 N–H and O–H groups in total. The van der Waals surface area contributed by atoms with E-state index >= 15 is 0 Å². The highest BCUT2D eigenvalue weighted by molar-refractivity contribution is 5.43. The predicted molar refractivity (Wildman–Crippen MR) is 81.4 cm³/mol. The van der Waals surface area contributed by atoms with E-state index in [-0.39, 0.29) is 0 Å². The van der Waals surface area contributed by atoms with E-state index in [4.69, 9.17) is 10.7 Å². The Morgan fingerprint density at radius 1 is 1.32 bits per heavy atom. The smallest absolute Gasteiger partial charge is 0.129 e. The topological polar surface area (TPSA) is 42.1 Å². The first kappa shape index (κ1) is 14.3. The normalized spacial score (nSPS) is 15.3. The van der Waals surface area contributed by atoms with Crippen LogP contribution in [0.3, 0.4) is 0 Å². The molecule has 0 amide bonds. The second-order valence-electron chi connectivity index (χ2n) is 5.61. The van der Waals surface area contributed by atoms with Crippen molar-refractivity contribution in [2.24, 2.45) is 11.7 Å². The van der Waals surface area contributed by atoms with E-state index in [0.717, 1.165) is 37.7 Å². The zero-order chi connectivity index (χ0) is 13.7. The number of nitrogens with zero attached hydrogens (tertiary/aromatic N) is 2. The molecule has 1 aliphatic rings.